The number of ether oxygens (including phenoxy) is 2. The number of aryl methyl sites for hydroxylation is 2. The molecule has 1 aliphatic heterocycles. The second kappa shape index (κ2) is 10.9. The van der Waals surface area contributed by atoms with E-state index in [0.29, 0.717) is 18.2 Å². The van der Waals surface area contributed by atoms with Gasteiger partial charge in [0.2, 0.25) is 11.8 Å². The Labute approximate surface area is 199 Å². The summed E-state index contributed by atoms with van der Waals surface area (Å²) in [6, 6.07) is 13.7. The third-order valence-electron chi connectivity index (χ3n) is 5.56. The lowest BCUT2D eigenvalue weighted by atomic mass is 10.1. The lowest BCUT2D eigenvalue weighted by Gasteiger charge is -2.26. The summed E-state index contributed by atoms with van der Waals surface area (Å²) in [6.45, 7) is 7.40. The summed E-state index contributed by atoms with van der Waals surface area (Å²) < 4.78 is 24.7. The largest absolute Gasteiger partial charge is 0.487 e. The Morgan fingerprint density at radius 1 is 1.09 bits per heavy atom. The fourth-order valence-electron chi connectivity index (χ4n) is 3.76. The zero-order chi connectivity index (χ0) is 23.9. The zero-order valence-electron chi connectivity index (χ0n) is 19.4. The van der Waals surface area contributed by atoms with Crippen LogP contribution >= 0.6 is 0 Å². The molecule has 0 aliphatic carbocycles. The molecule has 176 valence electrons. The van der Waals surface area contributed by atoms with Gasteiger partial charge in [0.1, 0.15) is 23.9 Å². The monoisotopic (exact) mass is 461 g/mol. The van der Waals surface area contributed by atoms with Crippen molar-refractivity contribution in [1.82, 2.24) is 15.2 Å². The number of nitrogens with zero attached hydrogens (tertiary/aromatic N) is 2. The molecule has 1 N–H and O–H groups in total. The highest BCUT2D eigenvalue weighted by Gasteiger charge is 2.14. The minimum atomic E-state index is -0.273. The van der Waals surface area contributed by atoms with Gasteiger partial charge < -0.3 is 19.7 Å². The molecule has 2 aromatic carbocycles. The minimum absolute atomic E-state index is 0.0306. The maximum Gasteiger partial charge on any atom is 0.246 e. The molecule has 34 heavy (non-hydrogen) atoms. The number of benzene rings is 2. The molecule has 0 saturated carbocycles. The number of hydrogen-bond acceptors (Lipinski definition) is 5. The summed E-state index contributed by atoms with van der Waals surface area (Å²) in [5, 5.41) is 3.25. The van der Waals surface area contributed by atoms with Gasteiger partial charge in [0.05, 0.1) is 6.20 Å². The van der Waals surface area contributed by atoms with E-state index in [1.165, 1.54) is 12.1 Å². The maximum absolute atomic E-state index is 13.0. The van der Waals surface area contributed by atoms with Crippen LogP contribution in [0.1, 0.15) is 22.3 Å². The lowest BCUT2D eigenvalue weighted by molar-refractivity contribution is -0.126. The first kappa shape index (κ1) is 23.4. The molecule has 6 nitrogen and oxygen atoms in total. The number of halogens is 1. The normalized spacial score (nSPS) is 13.8. The van der Waals surface area contributed by atoms with Crippen molar-refractivity contribution in [3.63, 3.8) is 0 Å². The highest BCUT2D eigenvalue weighted by atomic mass is 19.1. The van der Waals surface area contributed by atoms with Crippen molar-refractivity contribution in [2.75, 3.05) is 26.2 Å². The first-order valence-corrected chi connectivity index (χ1v) is 11.3. The average Bonchev–Trinajstić information content (AvgIpc) is 2.85. The van der Waals surface area contributed by atoms with E-state index in [4.69, 9.17) is 9.47 Å². The van der Waals surface area contributed by atoms with Crippen molar-refractivity contribution < 1.29 is 18.7 Å². The van der Waals surface area contributed by atoms with Crippen molar-refractivity contribution in [2.24, 2.45) is 0 Å². The van der Waals surface area contributed by atoms with Gasteiger partial charge in [-0.25, -0.2) is 9.37 Å². The van der Waals surface area contributed by atoms with E-state index >= 15 is 0 Å². The van der Waals surface area contributed by atoms with Crippen molar-refractivity contribution in [1.29, 1.82) is 0 Å². The van der Waals surface area contributed by atoms with E-state index in [1.54, 1.807) is 36.5 Å². The van der Waals surface area contributed by atoms with E-state index in [-0.39, 0.29) is 11.7 Å². The number of pyridine rings is 1. The molecule has 0 bridgehead atoms. The second-order valence-electron chi connectivity index (χ2n) is 8.24. The van der Waals surface area contributed by atoms with Crippen molar-refractivity contribution in [2.45, 2.75) is 20.5 Å². The van der Waals surface area contributed by atoms with Crippen LogP contribution < -0.4 is 14.8 Å². The van der Waals surface area contributed by atoms with Gasteiger partial charge in [-0.2, -0.15) is 0 Å². The Morgan fingerprint density at radius 2 is 1.79 bits per heavy atom. The fourth-order valence-corrected chi connectivity index (χ4v) is 3.76. The molecule has 7 heteroatoms. The highest BCUT2D eigenvalue weighted by Crippen LogP contribution is 2.30. The topological polar surface area (TPSA) is 63.7 Å². The van der Waals surface area contributed by atoms with E-state index in [1.807, 2.05) is 37.0 Å². The van der Waals surface area contributed by atoms with Crippen LogP contribution in [0.4, 0.5) is 4.39 Å². The predicted molar refractivity (Wildman–Crippen MR) is 129 cm³/mol. The van der Waals surface area contributed by atoms with Gasteiger partial charge in [0.25, 0.3) is 0 Å². The Balaban J connectivity index is 1.37. The molecule has 1 saturated heterocycles. The van der Waals surface area contributed by atoms with Crippen LogP contribution in [-0.2, 0) is 11.4 Å². The summed E-state index contributed by atoms with van der Waals surface area (Å²) in [7, 11) is 0. The SMILES string of the molecule is Cc1cc(/C=C/C(=O)N2CCNCC2)cc(C)c1Oc1ccc(OCc2ccc(F)cc2)cn1. The van der Waals surface area contributed by atoms with Crippen LogP contribution in [-0.4, -0.2) is 42.0 Å². The molecule has 3 aromatic rings. The van der Waals surface area contributed by atoms with Gasteiger partial charge in [-0.1, -0.05) is 12.1 Å². The number of rotatable bonds is 7. The number of aromatic nitrogens is 1. The van der Waals surface area contributed by atoms with Gasteiger partial charge >= 0.3 is 0 Å². The summed E-state index contributed by atoms with van der Waals surface area (Å²) in [5.74, 6) is 1.55. The van der Waals surface area contributed by atoms with Crippen LogP contribution in [0.15, 0.2) is 60.8 Å². The van der Waals surface area contributed by atoms with E-state index < -0.39 is 0 Å². The van der Waals surface area contributed by atoms with Gasteiger partial charge in [0.15, 0.2) is 0 Å². The molecule has 4 rings (SSSR count). The van der Waals surface area contributed by atoms with Crippen LogP contribution in [0, 0.1) is 19.7 Å². The molecule has 1 aromatic heterocycles. The molecule has 2 heterocycles. The summed E-state index contributed by atoms with van der Waals surface area (Å²) in [6.07, 6.45) is 5.08. The standard InChI is InChI=1S/C27H28FN3O3/c1-19-15-22(5-10-26(32)31-13-11-29-12-14-31)16-20(2)27(19)34-25-9-8-24(17-30-25)33-18-21-3-6-23(28)7-4-21/h3-10,15-17,29H,11-14,18H2,1-2H3/b10-5+. The molecule has 1 fully saturated rings. The maximum atomic E-state index is 13.0. The quantitative estimate of drug-likeness (QED) is 0.519. The van der Waals surface area contributed by atoms with Gasteiger partial charge in [0, 0.05) is 38.3 Å². The number of carbonyl (C=O) groups is 1. The van der Waals surface area contributed by atoms with Crippen molar-refractivity contribution >= 4 is 12.0 Å². The first-order valence-electron chi connectivity index (χ1n) is 11.3. The Kier molecular flexibility index (Phi) is 7.54. The molecule has 0 unspecified atom stereocenters. The third-order valence-corrected chi connectivity index (χ3v) is 5.56. The summed E-state index contributed by atoms with van der Waals surface area (Å²) in [4.78, 5) is 18.6. The molecule has 0 atom stereocenters. The number of hydrogen-bond donors (Lipinski definition) is 1. The fraction of sp³-hybridized carbons (Fsp3) is 0.259. The highest BCUT2D eigenvalue weighted by molar-refractivity contribution is 5.92. The molecular weight excluding hydrogens is 433 g/mol. The third kappa shape index (κ3) is 6.20. The minimum Gasteiger partial charge on any atom is -0.487 e. The van der Waals surface area contributed by atoms with Gasteiger partial charge in [-0.15, -0.1) is 0 Å². The van der Waals surface area contributed by atoms with Crippen LogP contribution in [0.25, 0.3) is 6.08 Å². The molecule has 0 spiro atoms. The van der Waals surface area contributed by atoms with E-state index in [0.717, 1.165) is 54.2 Å². The second-order valence-corrected chi connectivity index (χ2v) is 8.24. The molecule has 1 aliphatic rings. The first-order chi connectivity index (χ1) is 16.5. The summed E-state index contributed by atoms with van der Waals surface area (Å²) >= 11 is 0. The molecule has 1 amide bonds. The number of amides is 1. The Bertz CT molecular complexity index is 1130. The molecule has 0 radical (unpaired) electrons. The number of carbonyl (C=O) groups excluding carboxylic acids is 1. The zero-order valence-corrected chi connectivity index (χ0v) is 19.4. The number of piperazine rings is 1. The number of nitrogens with one attached hydrogen (secondary N) is 1. The van der Waals surface area contributed by atoms with Crippen molar-refractivity contribution in [3.8, 4) is 17.4 Å². The van der Waals surface area contributed by atoms with E-state index in [2.05, 4.69) is 10.3 Å². The van der Waals surface area contributed by atoms with Gasteiger partial charge in [-0.05, 0) is 72.5 Å². The lowest BCUT2D eigenvalue weighted by Crippen LogP contribution is -2.45. The van der Waals surface area contributed by atoms with E-state index in [9.17, 15) is 9.18 Å². The molecular formula is C27H28FN3O3. The van der Waals surface area contributed by atoms with Crippen LogP contribution in [0.2, 0.25) is 0 Å². The smallest absolute Gasteiger partial charge is 0.246 e. The average molecular weight is 462 g/mol. The Hall–Kier alpha value is -3.71. The van der Waals surface area contributed by atoms with Crippen molar-refractivity contribution in [3.05, 3.63) is 88.9 Å². The van der Waals surface area contributed by atoms with Gasteiger partial charge in [-0.3, -0.25) is 4.79 Å². The summed E-state index contributed by atoms with van der Waals surface area (Å²) in [5.41, 5.74) is 3.72. The van der Waals surface area contributed by atoms with Crippen LogP contribution in [0.5, 0.6) is 17.4 Å². The predicted octanol–water partition coefficient (Wildman–Crippen LogP) is 4.65. The Morgan fingerprint density at radius 3 is 2.44 bits per heavy atom. The van der Waals surface area contributed by atoms with Crippen LogP contribution in [0.3, 0.4) is 0 Å².